The van der Waals surface area contributed by atoms with E-state index in [9.17, 15) is 14.7 Å². The summed E-state index contributed by atoms with van der Waals surface area (Å²) < 4.78 is 0. The van der Waals surface area contributed by atoms with Crippen molar-refractivity contribution in [2.75, 3.05) is 5.32 Å². The fourth-order valence-electron chi connectivity index (χ4n) is 1.60. The smallest absolute Gasteiger partial charge is 0.288 e. The molecule has 1 amide bonds. The van der Waals surface area contributed by atoms with Gasteiger partial charge in [0.25, 0.3) is 5.91 Å². The van der Waals surface area contributed by atoms with Gasteiger partial charge in [0.1, 0.15) is 5.75 Å². The van der Waals surface area contributed by atoms with E-state index < -0.39 is 5.91 Å². The first-order valence-electron chi connectivity index (χ1n) is 5.36. The van der Waals surface area contributed by atoms with Gasteiger partial charge < -0.3 is 10.4 Å². The summed E-state index contributed by atoms with van der Waals surface area (Å²) in [5.41, 5.74) is 1.68. The van der Waals surface area contributed by atoms with E-state index in [0.717, 1.165) is 5.56 Å². The summed E-state index contributed by atoms with van der Waals surface area (Å²) in [6.07, 6.45) is 0.221. The summed E-state index contributed by atoms with van der Waals surface area (Å²) in [6, 6.07) is 3.32. The molecule has 0 bridgehead atoms. The van der Waals surface area contributed by atoms with E-state index in [2.05, 4.69) is 5.32 Å². The van der Waals surface area contributed by atoms with Crippen molar-refractivity contribution in [3.63, 3.8) is 0 Å². The van der Waals surface area contributed by atoms with E-state index in [-0.39, 0.29) is 17.5 Å². The number of amides is 1. The molecule has 0 unspecified atom stereocenters. The molecule has 92 valence electrons. The van der Waals surface area contributed by atoms with Crippen LogP contribution in [0.15, 0.2) is 12.1 Å². The number of anilines is 1. The minimum Gasteiger partial charge on any atom is -0.507 e. The minimum atomic E-state index is -0.699. The van der Waals surface area contributed by atoms with Crippen LogP contribution in [0.1, 0.15) is 31.9 Å². The molecule has 0 saturated heterocycles. The highest BCUT2D eigenvalue weighted by atomic mass is 16.3. The third-order valence-electron chi connectivity index (χ3n) is 2.48. The second kappa shape index (κ2) is 4.57. The zero-order valence-corrected chi connectivity index (χ0v) is 10.5. The Labute approximate surface area is 101 Å². The maximum Gasteiger partial charge on any atom is 0.288 e. The number of phenolic OH excluding ortho intramolecular Hbond substituents is 1. The number of aldehydes is 1. The monoisotopic (exact) mass is 235 g/mol. The van der Waals surface area contributed by atoms with Gasteiger partial charge in [0.05, 0.1) is 0 Å². The minimum absolute atomic E-state index is 0.221. The summed E-state index contributed by atoms with van der Waals surface area (Å²) >= 11 is 0. The zero-order valence-electron chi connectivity index (χ0n) is 10.5. The van der Waals surface area contributed by atoms with E-state index >= 15 is 0 Å². The molecule has 1 aromatic rings. The summed E-state index contributed by atoms with van der Waals surface area (Å²) in [5.74, 6) is -0.475. The summed E-state index contributed by atoms with van der Waals surface area (Å²) in [5, 5.41) is 12.4. The SMILES string of the molecule is Cc1cc(NC(=O)C=O)cc(C(C)(C)C)c1O. The lowest BCUT2D eigenvalue weighted by Crippen LogP contribution is -2.15. The van der Waals surface area contributed by atoms with Crippen molar-refractivity contribution in [3.8, 4) is 5.75 Å². The van der Waals surface area contributed by atoms with Crippen molar-refractivity contribution in [3.05, 3.63) is 23.3 Å². The molecule has 4 nitrogen and oxygen atoms in total. The molecule has 0 aliphatic rings. The lowest BCUT2D eigenvalue weighted by molar-refractivity contribution is -0.127. The molecule has 17 heavy (non-hydrogen) atoms. The van der Waals surface area contributed by atoms with Crippen molar-refractivity contribution in [2.45, 2.75) is 33.1 Å². The van der Waals surface area contributed by atoms with E-state index in [1.54, 1.807) is 19.1 Å². The highest BCUT2D eigenvalue weighted by Gasteiger charge is 2.20. The molecule has 0 aliphatic heterocycles. The Hall–Kier alpha value is -1.84. The molecule has 2 N–H and O–H groups in total. The fourth-order valence-corrected chi connectivity index (χ4v) is 1.60. The molecule has 0 heterocycles. The van der Waals surface area contributed by atoms with Crippen molar-refractivity contribution >= 4 is 17.9 Å². The molecule has 0 spiro atoms. The zero-order chi connectivity index (χ0) is 13.2. The predicted molar refractivity (Wildman–Crippen MR) is 66.2 cm³/mol. The van der Waals surface area contributed by atoms with Crippen LogP contribution in [0.25, 0.3) is 0 Å². The van der Waals surface area contributed by atoms with Crippen LogP contribution in [-0.2, 0) is 15.0 Å². The summed E-state index contributed by atoms with van der Waals surface area (Å²) in [7, 11) is 0. The van der Waals surface area contributed by atoms with Gasteiger partial charge in [-0.05, 0) is 30.0 Å². The number of rotatable bonds is 2. The number of aromatic hydroxyl groups is 1. The van der Waals surface area contributed by atoms with Crippen molar-refractivity contribution in [2.24, 2.45) is 0 Å². The van der Waals surface area contributed by atoms with E-state index in [0.29, 0.717) is 11.3 Å². The number of benzene rings is 1. The molecule has 0 aromatic heterocycles. The van der Waals surface area contributed by atoms with Crippen molar-refractivity contribution < 1.29 is 14.7 Å². The molecular weight excluding hydrogens is 218 g/mol. The Balaban J connectivity index is 3.24. The van der Waals surface area contributed by atoms with Gasteiger partial charge in [0, 0.05) is 11.3 Å². The maximum absolute atomic E-state index is 11.0. The molecule has 0 atom stereocenters. The highest BCUT2D eigenvalue weighted by molar-refractivity contribution is 6.29. The van der Waals surface area contributed by atoms with Gasteiger partial charge in [0.2, 0.25) is 6.29 Å². The van der Waals surface area contributed by atoms with Crippen LogP contribution in [0.2, 0.25) is 0 Å². The first kappa shape index (κ1) is 13.2. The number of phenols is 1. The number of nitrogens with one attached hydrogen (secondary N) is 1. The Morgan fingerprint density at radius 2 is 1.94 bits per heavy atom. The number of hydrogen-bond donors (Lipinski definition) is 2. The fraction of sp³-hybridized carbons (Fsp3) is 0.385. The largest absolute Gasteiger partial charge is 0.507 e. The number of aryl methyl sites for hydroxylation is 1. The normalized spacial score (nSPS) is 11.1. The Morgan fingerprint density at radius 3 is 2.41 bits per heavy atom. The van der Waals surface area contributed by atoms with Crippen LogP contribution in [0, 0.1) is 6.92 Å². The third kappa shape index (κ3) is 3.06. The van der Waals surface area contributed by atoms with Gasteiger partial charge in [-0.2, -0.15) is 0 Å². The van der Waals surface area contributed by atoms with Crippen LogP contribution in [0.3, 0.4) is 0 Å². The van der Waals surface area contributed by atoms with Gasteiger partial charge in [0.15, 0.2) is 0 Å². The highest BCUT2D eigenvalue weighted by Crippen LogP contribution is 2.35. The van der Waals surface area contributed by atoms with Gasteiger partial charge in [-0.15, -0.1) is 0 Å². The topological polar surface area (TPSA) is 66.4 Å². The predicted octanol–water partition coefficient (Wildman–Crippen LogP) is 2.14. The van der Waals surface area contributed by atoms with E-state index in [1.807, 2.05) is 20.8 Å². The summed E-state index contributed by atoms with van der Waals surface area (Å²) in [6.45, 7) is 7.65. The number of hydrogen-bond acceptors (Lipinski definition) is 3. The molecule has 1 rings (SSSR count). The quantitative estimate of drug-likeness (QED) is 0.469. The van der Waals surface area contributed by atoms with Gasteiger partial charge >= 0.3 is 0 Å². The third-order valence-corrected chi connectivity index (χ3v) is 2.48. The maximum atomic E-state index is 11.0. The molecule has 1 aromatic carbocycles. The second-order valence-electron chi connectivity index (χ2n) is 5.05. The average Bonchev–Trinajstić information content (AvgIpc) is 2.21. The Morgan fingerprint density at radius 1 is 1.35 bits per heavy atom. The van der Waals surface area contributed by atoms with Gasteiger partial charge in [-0.25, -0.2) is 0 Å². The van der Waals surface area contributed by atoms with Crippen molar-refractivity contribution in [1.29, 1.82) is 0 Å². The lowest BCUT2D eigenvalue weighted by Gasteiger charge is -2.22. The summed E-state index contributed by atoms with van der Waals surface area (Å²) in [4.78, 5) is 21.3. The number of carbonyl (C=O) groups is 2. The Bertz CT molecular complexity index is 458. The molecule has 0 fully saturated rings. The van der Waals surface area contributed by atoms with Crippen LogP contribution >= 0.6 is 0 Å². The average molecular weight is 235 g/mol. The molecule has 4 heteroatoms. The van der Waals surface area contributed by atoms with Gasteiger partial charge in [-0.3, -0.25) is 9.59 Å². The molecular formula is C13H17NO3. The molecule has 0 radical (unpaired) electrons. The Kier molecular flexibility index (Phi) is 3.56. The van der Waals surface area contributed by atoms with Crippen molar-refractivity contribution in [1.82, 2.24) is 0 Å². The van der Waals surface area contributed by atoms with Crippen LogP contribution in [0.4, 0.5) is 5.69 Å². The number of carbonyl (C=O) groups excluding carboxylic acids is 2. The van der Waals surface area contributed by atoms with Crippen LogP contribution < -0.4 is 5.32 Å². The molecule has 0 saturated carbocycles. The van der Waals surface area contributed by atoms with Crippen LogP contribution in [0.5, 0.6) is 5.75 Å². The lowest BCUT2D eigenvalue weighted by atomic mass is 9.85. The first-order valence-corrected chi connectivity index (χ1v) is 5.36. The van der Waals surface area contributed by atoms with Crippen LogP contribution in [-0.4, -0.2) is 17.3 Å². The molecule has 0 aliphatic carbocycles. The van der Waals surface area contributed by atoms with E-state index in [1.165, 1.54) is 0 Å². The first-order chi connectivity index (χ1) is 7.75. The standard InChI is InChI=1S/C13H17NO3/c1-8-5-9(14-11(16)7-15)6-10(12(8)17)13(2,3)4/h5-7,17H,1-4H3,(H,14,16). The van der Waals surface area contributed by atoms with Gasteiger partial charge in [-0.1, -0.05) is 20.8 Å². The second-order valence-corrected chi connectivity index (χ2v) is 5.05. The van der Waals surface area contributed by atoms with E-state index in [4.69, 9.17) is 0 Å².